The maximum atomic E-state index is 5.18. The van der Waals surface area contributed by atoms with Gasteiger partial charge >= 0.3 is 0 Å². The number of anilines is 3. The summed E-state index contributed by atoms with van der Waals surface area (Å²) < 4.78 is 6.34. The molecule has 0 saturated carbocycles. The molecule has 0 unspecified atom stereocenters. The minimum Gasteiger partial charge on any atom is -0.311 e. The van der Waals surface area contributed by atoms with Gasteiger partial charge in [-0.25, -0.2) is 29.9 Å². The number of hydrogen-bond donors (Lipinski definition) is 0. The molecule has 0 bridgehead atoms. The van der Waals surface area contributed by atoms with Crippen molar-refractivity contribution in [2.75, 3.05) is 4.90 Å². The number of hydrogen-bond acceptors (Lipinski definition) is 10. The van der Waals surface area contributed by atoms with E-state index in [1.165, 1.54) is 0 Å². The van der Waals surface area contributed by atoms with Gasteiger partial charge in [0.25, 0.3) is 0 Å². The van der Waals surface area contributed by atoms with E-state index < -0.39 is 0 Å². The highest BCUT2D eigenvalue weighted by Gasteiger charge is 2.23. The Labute approximate surface area is 433 Å². The van der Waals surface area contributed by atoms with Crippen molar-refractivity contribution in [2.24, 2.45) is 0 Å². The van der Waals surface area contributed by atoms with Crippen LogP contribution in [0.5, 0.6) is 0 Å². The Morgan fingerprint density at radius 1 is 0.263 bits per heavy atom. The molecule has 9 heterocycles. The molecule has 6 aromatic carbocycles. The summed E-state index contributed by atoms with van der Waals surface area (Å²) in [5, 5.41) is 3.10. The number of aromatic nitrogens is 12. The first-order valence-electron chi connectivity index (χ1n) is 24.8. The topological polar surface area (TPSA) is 134 Å². The lowest BCUT2D eigenvalue weighted by Crippen LogP contribution is -2.10. The molecule has 15 rings (SSSR count). The molecule has 0 aliphatic heterocycles. The van der Waals surface area contributed by atoms with Crippen molar-refractivity contribution >= 4 is 83.3 Å². The molecule has 13 heteroatoms. The number of fused-ring (bicyclic) bond motifs is 6. The average Bonchev–Trinajstić information content (AvgIpc) is 4.24. The minimum atomic E-state index is 0.753. The standard InChI is InChI=1S/C63H39N13/c1-10-40-13-4-34-64-55(40)52(19-1)74-58(70-49-16-7-37-67-61(49)74)43-22-28-46(29-23-43)73(47-30-24-44(25-31-47)59-71-50-17-8-38-68-62(50)75(59)53-20-2-11-41-14-5-35-65-56(41)53)48-32-26-45(27-33-48)60-72-51-18-9-39-69-63(51)76(60)54-21-3-12-42-15-6-36-66-57(42)54/h1-39H. The Morgan fingerprint density at radius 3 is 0.855 bits per heavy atom. The first kappa shape index (κ1) is 42.9. The molecule has 0 radical (unpaired) electrons. The fourth-order valence-electron chi connectivity index (χ4n) is 10.5. The van der Waals surface area contributed by atoms with Gasteiger partial charge in [0.1, 0.15) is 34.0 Å². The third-order valence-corrected chi connectivity index (χ3v) is 14.0. The molecule has 356 valence electrons. The summed E-state index contributed by atoms with van der Waals surface area (Å²) in [5.41, 5.74) is 15.5. The fraction of sp³-hybridized carbons (Fsp3) is 0. The van der Waals surface area contributed by atoms with Gasteiger partial charge in [-0.3, -0.25) is 28.7 Å². The Kier molecular flexibility index (Phi) is 9.85. The minimum absolute atomic E-state index is 0.753. The van der Waals surface area contributed by atoms with Crippen LogP contribution in [0.4, 0.5) is 17.1 Å². The summed E-state index contributed by atoms with van der Waals surface area (Å²) in [5.74, 6) is 2.28. The number of benzene rings is 6. The Balaban J connectivity index is 0.871. The molecule has 15 aromatic rings. The molecule has 0 N–H and O–H groups in total. The Bertz CT molecular complexity index is 4220. The molecule has 0 aliphatic carbocycles. The van der Waals surface area contributed by atoms with Gasteiger partial charge in [0, 0.05) is 87.1 Å². The molecule has 0 atom stereocenters. The van der Waals surface area contributed by atoms with Gasteiger partial charge in [-0.2, -0.15) is 0 Å². The average molecular weight is 978 g/mol. The molecule has 13 nitrogen and oxygen atoms in total. The zero-order chi connectivity index (χ0) is 50.1. The monoisotopic (exact) mass is 977 g/mol. The molecule has 76 heavy (non-hydrogen) atoms. The van der Waals surface area contributed by atoms with Crippen molar-refractivity contribution in [1.29, 1.82) is 0 Å². The van der Waals surface area contributed by atoms with E-state index in [1.807, 2.05) is 73.2 Å². The second kappa shape index (κ2) is 17.5. The van der Waals surface area contributed by atoms with Gasteiger partial charge in [0.2, 0.25) is 0 Å². The summed E-state index contributed by atoms with van der Waals surface area (Å²) in [7, 11) is 0. The van der Waals surface area contributed by atoms with Crippen LogP contribution in [-0.2, 0) is 0 Å². The quantitative estimate of drug-likeness (QED) is 0.138. The van der Waals surface area contributed by atoms with Crippen molar-refractivity contribution in [2.45, 2.75) is 0 Å². The smallest absolute Gasteiger partial charge is 0.165 e. The summed E-state index contributed by atoms with van der Waals surface area (Å²) in [6.45, 7) is 0. The van der Waals surface area contributed by atoms with Crippen molar-refractivity contribution < 1.29 is 0 Å². The van der Waals surface area contributed by atoms with Gasteiger partial charge in [-0.1, -0.05) is 54.6 Å². The van der Waals surface area contributed by atoms with Gasteiger partial charge in [-0.05, 0) is 146 Å². The lowest BCUT2D eigenvalue weighted by molar-refractivity contribution is 1.08. The second-order valence-corrected chi connectivity index (χ2v) is 18.4. The molecule has 0 saturated heterocycles. The molecular weight excluding hydrogens is 939 g/mol. The van der Waals surface area contributed by atoms with Gasteiger partial charge in [-0.15, -0.1) is 0 Å². The van der Waals surface area contributed by atoms with E-state index >= 15 is 0 Å². The molecule has 0 spiro atoms. The second-order valence-electron chi connectivity index (χ2n) is 18.4. The lowest BCUT2D eigenvalue weighted by Gasteiger charge is -2.26. The normalized spacial score (nSPS) is 11.7. The van der Waals surface area contributed by atoms with Crippen LogP contribution < -0.4 is 4.90 Å². The molecule has 0 aliphatic rings. The zero-order valence-corrected chi connectivity index (χ0v) is 40.3. The predicted molar refractivity (Wildman–Crippen MR) is 301 cm³/mol. The SMILES string of the molecule is c1cnc2c(-n3c(-c4ccc(N(c5ccc(-c6nc7cccnc7n6-c6cccc7cccnc67)cc5)c5ccc(-c6nc7cccnc7n6-c6cccc7cccnc67)cc5)cc4)nc4cccnc43)cccc2c1. The van der Waals surface area contributed by atoms with E-state index in [0.29, 0.717) is 0 Å². The van der Waals surface area contributed by atoms with E-state index in [0.717, 1.165) is 134 Å². The van der Waals surface area contributed by atoms with Crippen LogP contribution in [0.3, 0.4) is 0 Å². The third kappa shape index (κ3) is 6.98. The highest BCUT2D eigenvalue weighted by molar-refractivity contribution is 5.94. The van der Waals surface area contributed by atoms with Gasteiger partial charge in [0.15, 0.2) is 16.9 Å². The maximum Gasteiger partial charge on any atom is 0.165 e. The fourth-order valence-corrected chi connectivity index (χ4v) is 10.5. The number of nitrogens with zero attached hydrogens (tertiary/aromatic N) is 13. The summed E-state index contributed by atoms with van der Waals surface area (Å²) in [4.78, 5) is 46.7. The summed E-state index contributed by atoms with van der Waals surface area (Å²) in [6, 6.07) is 68.1. The first-order chi connectivity index (χ1) is 37.7. The first-order valence-corrected chi connectivity index (χ1v) is 24.8. The van der Waals surface area contributed by atoms with Gasteiger partial charge < -0.3 is 4.90 Å². The van der Waals surface area contributed by atoms with E-state index in [9.17, 15) is 0 Å². The summed E-state index contributed by atoms with van der Waals surface area (Å²) in [6.07, 6.45) is 10.9. The van der Waals surface area contributed by atoms with Crippen molar-refractivity contribution in [1.82, 2.24) is 58.6 Å². The third-order valence-electron chi connectivity index (χ3n) is 14.0. The Morgan fingerprint density at radius 2 is 0.539 bits per heavy atom. The zero-order valence-electron chi connectivity index (χ0n) is 40.3. The molecule has 9 aromatic heterocycles. The van der Waals surface area contributed by atoms with Crippen LogP contribution in [0, 0.1) is 0 Å². The highest BCUT2D eigenvalue weighted by atomic mass is 15.2. The molecule has 0 amide bonds. The van der Waals surface area contributed by atoms with Crippen LogP contribution >= 0.6 is 0 Å². The van der Waals surface area contributed by atoms with Crippen LogP contribution in [0.2, 0.25) is 0 Å². The number of para-hydroxylation sites is 3. The van der Waals surface area contributed by atoms with E-state index in [1.54, 1.807) is 18.6 Å². The van der Waals surface area contributed by atoms with Crippen molar-refractivity contribution in [3.8, 4) is 51.2 Å². The summed E-state index contributed by atoms with van der Waals surface area (Å²) >= 11 is 0. The van der Waals surface area contributed by atoms with Gasteiger partial charge in [0.05, 0.1) is 33.6 Å². The van der Waals surface area contributed by atoms with E-state index in [2.05, 4.69) is 164 Å². The predicted octanol–water partition coefficient (Wildman–Crippen LogP) is 14.0. The highest BCUT2D eigenvalue weighted by Crippen LogP contribution is 2.40. The van der Waals surface area contributed by atoms with E-state index in [-0.39, 0.29) is 0 Å². The van der Waals surface area contributed by atoms with Crippen molar-refractivity contribution in [3.05, 3.63) is 237 Å². The van der Waals surface area contributed by atoms with Crippen LogP contribution in [0.15, 0.2) is 237 Å². The van der Waals surface area contributed by atoms with Crippen molar-refractivity contribution in [3.63, 3.8) is 0 Å². The van der Waals surface area contributed by atoms with Crippen LogP contribution in [0.1, 0.15) is 0 Å². The van der Waals surface area contributed by atoms with E-state index in [4.69, 9.17) is 44.9 Å². The number of pyridine rings is 6. The number of imidazole rings is 3. The molecule has 0 fully saturated rings. The molecular formula is C63H39N13. The Hall–Kier alpha value is -10.8. The van der Waals surface area contributed by atoms with Crippen LogP contribution in [-0.4, -0.2) is 58.6 Å². The maximum absolute atomic E-state index is 5.18. The van der Waals surface area contributed by atoms with Crippen LogP contribution in [0.25, 0.3) is 117 Å². The number of rotatable bonds is 9. The lowest BCUT2D eigenvalue weighted by atomic mass is 10.1. The largest absolute Gasteiger partial charge is 0.311 e.